The Morgan fingerprint density at radius 3 is 2.65 bits per heavy atom. The SMILES string of the molecule is C=CC1=C(C(=O)OCC)C[C@@H]2C[C@@H](C)C[C@H]3[C@@H]2CC1CN3C(=O)OCc1ccccc1. The van der Waals surface area contributed by atoms with Gasteiger partial charge in [-0.1, -0.05) is 49.9 Å². The summed E-state index contributed by atoms with van der Waals surface area (Å²) in [4.78, 5) is 27.9. The smallest absolute Gasteiger partial charge is 0.410 e. The molecule has 1 unspecified atom stereocenters. The van der Waals surface area contributed by atoms with E-state index in [1.165, 1.54) is 0 Å². The number of piperidine rings is 1. The molecule has 5 nitrogen and oxygen atoms in total. The van der Waals surface area contributed by atoms with Crippen LogP contribution in [0.15, 0.2) is 54.1 Å². The maximum Gasteiger partial charge on any atom is 0.410 e. The first-order valence-electron chi connectivity index (χ1n) is 11.5. The quantitative estimate of drug-likeness (QED) is 0.617. The summed E-state index contributed by atoms with van der Waals surface area (Å²) in [5.41, 5.74) is 2.71. The van der Waals surface area contributed by atoms with E-state index in [-0.39, 0.29) is 30.6 Å². The van der Waals surface area contributed by atoms with Gasteiger partial charge in [-0.3, -0.25) is 0 Å². The molecular formula is C26H33NO4. The van der Waals surface area contributed by atoms with E-state index < -0.39 is 0 Å². The first kappa shape index (κ1) is 21.7. The Balaban J connectivity index is 1.61. The highest BCUT2D eigenvalue weighted by atomic mass is 16.6. The second-order valence-corrected chi connectivity index (χ2v) is 9.26. The van der Waals surface area contributed by atoms with Crippen LogP contribution in [0.25, 0.3) is 0 Å². The van der Waals surface area contributed by atoms with E-state index in [2.05, 4.69) is 13.5 Å². The molecule has 1 amide bonds. The average Bonchev–Trinajstić information content (AvgIpc) is 2.91. The minimum Gasteiger partial charge on any atom is -0.463 e. The van der Waals surface area contributed by atoms with E-state index in [0.29, 0.717) is 30.9 Å². The number of hydrogen-bond donors (Lipinski definition) is 0. The highest BCUT2D eigenvalue weighted by Gasteiger charge is 2.49. The molecule has 0 N–H and O–H groups in total. The van der Waals surface area contributed by atoms with Gasteiger partial charge in [0.15, 0.2) is 0 Å². The first-order valence-corrected chi connectivity index (χ1v) is 11.5. The molecule has 1 aliphatic heterocycles. The maximum absolute atomic E-state index is 13.2. The molecule has 3 aliphatic rings. The number of rotatable bonds is 5. The summed E-state index contributed by atoms with van der Waals surface area (Å²) >= 11 is 0. The molecule has 1 heterocycles. The van der Waals surface area contributed by atoms with Crippen LogP contribution in [-0.4, -0.2) is 36.2 Å². The Hall–Kier alpha value is -2.56. The summed E-state index contributed by atoms with van der Waals surface area (Å²) < 4.78 is 11.1. The Labute approximate surface area is 185 Å². The zero-order valence-corrected chi connectivity index (χ0v) is 18.6. The standard InChI is InChI=1S/C26H33NO4/c1-4-21-20-14-22-19(13-23(21)25(28)30-5-2)11-17(3)12-24(22)27(15-20)26(29)31-16-18-9-7-6-8-10-18/h4,6-10,17,19-20,22,24H,1,5,11-16H2,2-3H3/t17-,19+,20?,22-,24+/m1/s1. The molecule has 1 saturated carbocycles. The Bertz CT molecular complexity index is 861. The van der Waals surface area contributed by atoms with Crippen LogP contribution in [0.4, 0.5) is 4.79 Å². The zero-order valence-electron chi connectivity index (χ0n) is 18.6. The fourth-order valence-corrected chi connectivity index (χ4v) is 5.98. The molecule has 1 aromatic rings. The van der Waals surface area contributed by atoms with Crippen LogP contribution in [0.3, 0.4) is 0 Å². The molecule has 1 saturated heterocycles. The summed E-state index contributed by atoms with van der Waals surface area (Å²) in [7, 11) is 0. The fraction of sp³-hybridized carbons (Fsp3) is 0.538. The van der Waals surface area contributed by atoms with Crippen molar-refractivity contribution in [3.05, 3.63) is 59.7 Å². The zero-order chi connectivity index (χ0) is 22.0. The molecule has 0 aromatic heterocycles. The number of ether oxygens (including phenoxy) is 2. The highest BCUT2D eigenvalue weighted by molar-refractivity contribution is 5.90. The largest absolute Gasteiger partial charge is 0.463 e. The molecule has 5 atom stereocenters. The fourth-order valence-electron chi connectivity index (χ4n) is 5.98. The minimum absolute atomic E-state index is 0.0980. The van der Waals surface area contributed by atoms with Crippen molar-refractivity contribution < 1.29 is 19.1 Å². The lowest BCUT2D eigenvalue weighted by atomic mass is 9.66. The summed E-state index contributed by atoms with van der Waals surface area (Å²) in [6.07, 6.45) is 5.34. The van der Waals surface area contributed by atoms with Gasteiger partial charge >= 0.3 is 12.1 Å². The molecule has 1 aromatic carbocycles. The van der Waals surface area contributed by atoms with E-state index in [0.717, 1.165) is 42.4 Å². The van der Waals surface area contributed by atoms with Gasteiger partial charge in [0, 0.05) is 24.1 Å². The van der Waals surface area contributed by atoms with Crippen molar-refractivity contribution in [2.24, 2.45) is 23.7 Å². The highest BCUT2D eigenvalue weighted by Crippen LogP contribution is 2.50. The molecule has 2 bridgehead atoms. The van der Waals surface area contributed by atoms with Gasteiger partial charge < -0.3 is 14.4 Å². The number of allylic oxidation sites excluding steroid dienone is 1. The number of hydrogen-bond acceptors (Lipinski definition) is 4. The van der Waals surface area contributed by atoms with Crippen LogP contribution in [0.2, 0.25) is 0 Å². The summed E-state index contributed by atoms with van der Waals surface area (Å²) in [5.74, 6) is 1.12. The van der Waals surface area contributed by atoms with Gasteiger partial charge in [-0.2, -0.15) is 0 Å². The van der Waals surface area contributed by atoms with E-state index in [1.54, 1.807) is 0 Å². The lowest BCUT2D eigenvalue weighted by Crippen LogP contribution is -2.55. The normalized spacial score (nSPS) is 29.7. The van der Waals surface area contributed by atoms with Gasteiger partial charge in [0.25, 0.3) is 0 Å². The van der Waals surface area contributed by atoms with Crippen LogP contribution in [0, 0.1) is 23.7 Å². The lowest BCUT2D eigenvalue weighted by molar-refractivity contribution is -0.138. The van der Waals surface area contributed by atoms with Gasteiger partial charge in [-0.05, 0) is 61.5 Å². The number of nitrogens with zero attached hydrogens (tertiary/aromatic N) is 1. The van der Waals surface area contributed by atoms with Gasteiger partial charge in [-0.15, -0.1) is 0 Å². The van der Waals surface area contributed by atoms with E-state index in [9.17, 15) is 9.59 Å². The molecule has 166 valence electrons. The predicted molar refractivity (Wildman–Crippen MR) is 119 cm³/mol. The second kappa shape index (κ2) is 9.29. The lowest BCUT2D eigenvalue weighted by Gasteiger charge is -2.50. The number of esters is 1. The molecule has 4 rings (SSSR count). The summed E-state index contributed by atoms with van der Waals surface area (Å²) in [6.45, 7) is 9.31. The van der Waals surface area contributed by atoms with E-state index in [1.807, 2.05) is 48.2 Å². The Morgan fingerprint density at radius 2 is 1.94 bits per heavy atom. The third-order valence-electron chi connectivity index (χ3n) is 7.26. The van der Waals surface area contributed by atoms with Crippen molar-refractivity contribution in [2.45, 2.75) is 52.2 Å². The van der Waals surface area contributed by atoms with Crippen molar-refractivity contribution in [2.75, 3.05) is 13.2 Å². The van der Waals surface area contributed by atoms with Crippen LogP contribution in [0.1, 0.15) is 45.1 Å². The Morgan fingerprint density at radius 1 is 1.16 bits per heavy atom. The number of fused-ring (bicyclic) bond motifs is 1. The Kier molecular flexibility index (Phi) is 6.49. The van der Waals surface area contributed by atoms with Gasteiger partial charge in [-0.25, -0.2) is 9.59 Å². The molecular weight excluding hydrogens is 390 g/mol. The maximum atomic E-state index is 13.2. The number of carbonyl (C=O) groups is 2. The topological polar surface area (TPSA) is 55.8 Å². The molecule has 2 fully saturated rings. The van der Waals surface area contributed by atoms with Crippen LogP contribution in [-0.2, 0) is 20.9 Å². The number of benzene rings is 1. The van der Waals surface area contributed by atoms with Gasteiger partial charge in [0.1, 0.15) is 6.61 Å². The van der Waals surface area contributed by atoms with Crippen molar-refractivity contribution in [3.63, 3.8) is 0 Å². The van der Waals surface area contributed by atoms with Gasteiger partial charge in [0.05, 0.1) is 6.61 Å². The molecule has 31 heavy (non-hydrogen) atoms. The van der Waals surface area contributed by atoms with Crippen LogP contribution >= 0.6 is 0 Å². The van der Waals surface area contributed by atoms with Crippen molar-refractivity contribution in [3.8, 4) is 0 Å². The summed E-state index contributed by atoms with van der Waals surface area (Å²) in [5, 5.41) is 0. The molecule has 0 radical (unpaired) electrons. The predicted octanol–water partition coefficient (Wildman–Crippen LogP) is 5.13. The number of carbonyl (C=O) groups excluding carboxylic acids is 2. The van der Waals surface area contributed by atoms with Crippen molar-refractivity contribution in [1.29, 1.82) is 0 Å². The van der Waals surface area contributed by atoms with Crippen LogP contribution in [0.5, 0.6) is 0 Å². The van der Waals surface area contributed by atoms with E-state index >= 15 is 0 Å². The van der Waals surface area contributed by atoms with Crippen LogP contribution < -0.4 is 0 Å². The van der Waals surface area contributed by atoms with Crippen molar-refractivity contribution >= 4 is 12.1 Å². The molecule has 5 heteroatoms. The van der Waals surface area contributed by atoms with E-state index in [4.69, 9.17) is 9.47 Å². The summed E-state index contributed by atoms with van der Waals surface area (Å²) in [6, 6.07) is 9.95. The third-order valence-corrected chi connectivity index (χ3v) is 7.26. The number of likely N-dealkylation sites (tertiary alicyclic amines) is 1. The average molecular weight is 424 g/mol. The molecule has 2 aliphatic carbocycles. The number of amides is 1. The second-order valence-electron chi connectivity index (χ2n) is 9.26. The monoisotopic (exact) mass is 423 g/mol. The molecule has 0 spiro atoms. The van der Waals surface area contributed by atoms with Crippen molar-refractivity contribution in [1.82, 2.24) is 4.90 Å². The first-order chi connectivity index (χ1) is 15.0. The third kappa shape index (κ3) is 4.41. The minimum atomic E-state index is -0.251. The van der Waals surface area contributed by atoms with Gasteiger partial charge in [0.2, 0.25) is 0 Å².